The summed E-state index contributed by atoms with van der Waals surface area (Å²) in [4.78, 5) is 9.47. The molecule has 0 saturated heterocycles. The van der Waals surface area contributed by atoms with Gasteiger partial charge in [-0.3, -0.25) is 4.98 Å². The summed E-state index contributed by atoms with van der Waals surface area (Å²) < 4.78 is 12.9. The average Bonchev–Trinajstić information content (AvgIpc) is 3.18. The molecule has 0 amide bonds. The zero-order valence-corrected chi connectivity index (χ0v) is 19.0. The van der Waals surface area contributed by atoms with Crippen molar-refractivity contribution in [2.75, 3.05) is 26.1 Å². The van der Waals surface area contributed by atoms with Gasteiger partial charge >= 0.3 is 0 Å². The molecule has 1 N–H and O–H groups in total. The number of nitrogens with one attached hydrogen (secondary N) is 1. The lowest BCUT2D eigenvalue weighted by Crippen LogP contribution is -2.09. The van der Waals surface area contributed by atoms with Crippen LogP contribution in [0.4, 0.5) is 5.95 Å². The first kappa shape index (κ1) is 20.8. The van der Waals surface area contributed by atoms with Gasteiger partial charge in [0.1, 0.15) is 17.0 Å². The molecule has 0 saturated carbocycles. The maximum absolute atomic E-state index is 5.49. The summed E-state index contributed by atoms with van der Waals surface area (Å²) in [5, 5.41) is 5.86. The number of benzene rings is 3. The van der Waals surface area contributed by atoms with Crippen molar-refractivity contribution in [1.29, 1.82) is 0 Å². The van der Waals surface area contributed by atoms with Crippen LogP contribution in [0.15, 0.2) is 72.9 Å². The third-order valence-electron chi connectivity index (χ3n) is 6.00. The minimum Gasteiger partial charge on any atom is -0.497 e. The van der Waals surface area contributed by atoms with Crippen LogP contribution in [-0.2, 0) is 13.5 Å². The minimum atomic E-state index is 0.713. The van der Waals surface area contributed by atoms with E-state index in [0.29, 0.717) is 6.54 Å². The molecule has 5 aromatic rings. The summed E-state index contributed by atoms with van der Waals surface area (Å²) >= 11 is 0. The van der Waals surface area contributed by atoms with Gasteiger partial charge in [-0.25, -0.2) is 4.98 Å². The molecule has 33 heavy (non-hydrogen) atoms. The number of methoxy groups -OCH3 is 2. The Balaban J connectivity index is 1.40. The van der Waals surface area contributed by atoms with Crippen molar-refractivity contribution in [3.05, 3.63) is 78.5 Å². The molecule has 0 aliphatic rings. The molecule has 2 aromatic heterocycles. The van der Waals surface area contributed by atoms with E-state index in [0.717, 1.165) is 51.7 Å². The number of ether oxygens (including phenoxy) is 2. The molecular formula is C27H26N4O2. The number of hydrogen-bond donors (Lipinski definition) is 1. The Hall–Kier alpha value is -4.06. The van der Waals surface area contributed by atoms with Crippen molar-refractivity contribution >= 4 is 27.8 Å². The van der Waals surface area contributed by atoms with Gasteiger partial charge in [-0.1, -0.05) is 42.5 Å². The van der Waals surface area contributed by atoms with Crippen molar-refractivity contribution < 1.29 is 9.47 Å². The van der Waals surface area contributed by atoms with Crippen LogP contribution in [0.1, 0.15) is 5.56 Å². The second kappa shape index (κ2) is 8.82. The zero-order chi connectivity index (χ0) is 22.8. The van der Waals surface area contributed by atoms with Gasteiger partial charge in [-0.15, -0.1) is 0 Å². The van der Waals surface area contributed by atoms with Crippen LogP contribution < -0.4 is 14.8 Å². The molecule has 0 unspecified atom stereocenters. The first-order valence-electron chi connectivity index (χ1n) is 10.9. The standard InChI is InChI=1S/C27H26N4O2/c1-31-25-16-23(22-10-6-8-18-7-4-5-9-21(18)22)29-17-24(25)30-27(31)28-14-13-19-15-20(32-2)11-12-26(19)33-3/h4-12,15-17H,13-14H2,1-3H3,(H,28,30). The van der Waals surface area contributed by atoms with Gasteiger partial charge in [0.05, 0.1) is 31.6 Å². The number of nitrogens with zero attached hydrogens (tertiary/aromatic N) is 3. The van der Waals surface area contributed by atoms with Crippen LogP contribution in [0.5, 0.6) is 11.5 Å². The smallest absolute Gasteiger partial charge is 0.203 e. The third-order valence-corrected chi connectivity index (χ3v) is 6.00. The molecule has 0 radical (unpaired) electrons. The van der Waals surface area contributed by atoms with Gasteiger partial charge in [0.15, 0.2) is 0 Å². The maximum Gasteiger partial charge on any atom is 0.203 e. The summed E-state index contributed by atoms with van der Waals surface area (Å²) in [6, 6.07) is 22.7. The fraction of sp³-hybridized carbons (Fsp3) is 0.185. The van der Waals surface area contributed by atoms with Crippen molar-refractivity contribution in [3.63, 3.8) is 0 Å². The Labute approximate surface area is 192 Å². The Morgan fingerprint density at radius 1 is 0.939 bits per heavy atom. The number of imidazole rings is 1. The average molecular weight is 439 g/mol. The monoisotopic (exact) mass is 438 g/mol. The van der Waals surface area contributed by atoms with Gasteiger partial charge in [0.2, 0.25) is 5.95 Å². The highest BCUT2D eigenvalue weighted by atomic mass is 16.5. The van der Waals surface area contributed by atoms with Gasteiger partial charge in [0, 0.05) is 19.2 Å². The summed E-state index contributed by atoms with van der Waals surface area (Å²) in [7, 11) is 5.38. The normalized spacial score (nSPS) is 11.1. The predicted octanol–water partition coefficient (Wildman–Crippen LogP) is 5.46. The molecule has 6 nitrogen and oxygen atoms in total. The SMILES string of the molecule is COc1ccc(OC)c(CCNc2nc3cnc(-c4cccc5ccccc45)cc3n2C)c1. The number of aromatic nitrogens is 3. The van der Waals surface area contributed by atoms with Crippen molar-refractivity contribution in [3.8, 4) is 22.8 Å². The van der Waals surface area contributed by atoms with Gasteiger partial charge < -0.3 is 19.4 Å². The number of anilines is 1. The van der Waals surface area contributed by atoms with E-state index < -0.39 is 0 Å². The fourth-order valence-electron chi connectivity index (χ4n) is 4.24. The Kier molecular flexibility index (Phi) is 5.57. The molecule has 0 fully saturated rings. The Morgan fingerprint density at radius 2 is 1.79 bits per heavy atom. The molecule has 166 valence electrons. The molecule has 5 rings (SSSR count). The van der Waals surface area contributed by atoms with Crippen molar-refractivity contribution in [2.45, 2.75) is 6.42 Å². The highest BCUT2D eigenvalue weighted by Crippen LogP contribution is 2.30. The lowest BCUT2D eigenvalue weighted by atomic mass is 10.0. The quantitative estimate of drug-likeness (QED) is 0.366. The number of rotatable bonds is 7. The molecule has 3 aromatic carbocycles. The highest BCUT2D eigenvalue weighted by Gasteiger charge is 2.12. The van der Waals surface area contributed by atoms with E-state index in [1.54, 1.807) is 14.2 Å². The molecule has 0 bridgehead atoms. The summed E-state index contributed by atoms with van der Waals surface area (Å²) in [5.41, 5.74) is 5.05. The second-order valence-corrected chi connectivity index (χ2v) is 7.93. The van der Waals surface area contributed by atoms with E-state index in [1.165, 1.54) is 10.8 Å². The van der Waals surface area contributed by atoms with Crippen molar-refractivity contribution in [2.24, 2.45) is 7.05 Å². The second-order valence-electron chi connectivity index (χ2n) is 7.93. The number of fused-ring (bicyclic) bond motifs is 2. The minimum absolute atomic E-state index is 0.713. The Morgan fingerprint density at radius 3 is 2.64 bits per heavy atom. The summed E-state index contributed by atoms with van der Waals surface area (Å²) in [6.07, 6.45) is 2.63. The van der Waals surface area contributed by atoms with Crippen LogP contribution in [0, 0.1) is 0 Å². The highest BCUT2D eigenvalue weighted by molar-refractivity contribution is 5.97. The fourth-order valence-corrected chi connectivity index (χ4v) is 4.24. The molecule has 6 heteroatoms. The number of aryl methyl sites for hydroxylation is 1. The van der Waals surface area contributed by atoms with Gasteiger partial charge in [0.25, 0.3) is 0 Å². The van der Waals surface area contributed by atoms with Crippen LogP contribution in [0.2, 0.25) is 0 Å². The van der Waals surface area contributed by atoms with Crippen LogP contribution in [0.3, 0.4) is 0 Å². The maximum atomic E-state index is 5.49. The number of pyridine rings is 1. The predicted molar refractivity (Wildman–Crippen MR) is 133 cm³/mol. The van der Waals surface area contributed by atoms with E-state index in [2.05, 4.69) is 58.4 Å². The van der Waals surface area contributed by atoms with Crippen LogP contribution in [-0.4, -0.2) is 35.3 Å². The molecule has 0 aliphatic carbocycles. The third kappa shape index (κ3) is 3.96. The molecule has 0 aliphatic heterocycles. The summed E-state index contributed by atoms with van der Waals surface area (Å²) in [6.45, 7) is 0.713. The van der Waals surface area contributed by atoms with Crippen LogP contribution >= 0.6 is 0 Å². The van der Waals surface area contributed by atoms with E-state index >= 15 is 0 Å². The zero-order valence-electron chi connectivity index (χ0n) is 19.0. The van der Waals surface area contributed by atoms with Crippen molar-refractivity contribution in [1.82, 2.24) is 14.5 Å². The van der Waals surface area contributed by atoms with Crippen LogP contribution in [0.25, 0.3) is 33.1 Å². The molecule has 2 heterocycles. The van der Waals surface area contributed by atoms with Gasteiger partial charge in [-0.05, 0) is 47.0 Å². The number of hydrogen-bond acceptors (Lipinski definition) is 5. The molecular weight excluding hydrogens is 412 g/mol. The van der Waals surface area contributed by atoms with E-state index in [-0.39, 0.29) is 0 Å². The molecule has 0 atom stereocenters. The lowest BCUT2D eigenvalue weighted by Gasteiger charge is -2.11. The van der Waals surface area contributed by atoms with E-state index in [9.17, 15) is 0 Å². The first-order valence-corrected chi connectivity index (χ1v) is 10.9. The lowest BCUT2D eigenvalue weighted by molar-refractivity contribution is 0.399. The van der Waals surface area contributed by atoms with E-state index in [1.807, 2.05) is 31.4 Å². The van der Waals surface area contributed by atoms with E-state index in [4.69, 9.17) is 19.4 Å². The largest absolute Gasteiger partial charge is 0.497 e. The van der Waals surface area contributed by atoms with Gasteiger partial charge in [-0.2, -0.15) is 0 Å². The Bertz CT molecular complexity index is 1440. The first-order chi connectivity index (χ1) is 16.2. The molecule has 0 spiro atoms. The topological polar surface area (TPSA) is 61.2 Å². The summed E-state index contributed by atoms with van der Waals surface area (Å²) in [5.74, 6) is 2.48.